The molecule has 0 aliphatic carbocycles. The lowest BCUT2D eigenvalue weighted by Crippen LogP contribution is -2.39. The highest BCUT2D eigenvalue weighted by atomic mass is 16.1. The summed E-state index contributed by atoms with van der Waals surface area (Å²) in [4.78, 5) is 15.9. The predicted octanol–water partition coefficient (Wildman–Crippen LogP) is 4.11. The number of aromatic nitrogens is 1. The quantitative estimate of drug-likeness (QED) is 0.409. The van der Waals surface area contributed by atoms with Crippen LogP contribution in [0.4, 0.5) is 5.69 Å². The van der Waals surface area contributed by atoms with E-state index in [0.717, 1.165) is 34.4 Å². The number of allylic oxidation sites excluding steroid dienone is 1. The summed E-state index contributed by atoms with van der Waals surface area (Å²) < 4.78 is 0. The maximum atomic E-state index is 11.8. The van der Waals surface area contributed by atoms with Crippen molar-refractivity contribution in [2.45, 2.75) is 25.4 Å². The van der Waals surface area contributed by atoms with Crippen LogP contribution in [-0.4, -0.2) is 29.2 Å². The number of pyridine rings is 1. The SMILES string of the molecule is N=C(/C=C\NCc1cccnc1)c1cc(-c2ccccc2)ccc1NC1CCNC(=O)C1. The van der Waals surface area contributed by atoms with Gasteiger partial charge in [0, 0.05) is 49.2 Å². The van der Waals surface area contributed by atoms with Crippen molar-refractivity contribution in [3.05, 3.63) is 96.5 Å². The summed E-state index contributed by atoms with van der Waals surface area (Å²) in [7, 11) is 0. The number of nitrogens with one attached hydrogen (secondary N) is 4. The van der Waals surface area contributed by atoms with Crippen molar-refractivity contribution in [2.24, 2.45) is 0 Å². The molecule has 32 heavy (non-hydrogen) atoms. The number of piperidine rings is 1. The number of rotatable bonds is 8. The maximum absolute atomic E-state index is 11.8. The minimum atomic E-state index is 0.0607. The molecule has 6 nitrogen and oxygen atoms in total. The van der Waals surface area contributed by atoms with E-state index in [9.17, 15) is 4.79 Å². The highest BCUT2D eigenvalue weighted by molar-refractivity contribution is 6.11. The van der Waals surface area contributed by atoms with E-state index in [0.29, 0.717) is 25.2 Å². The highest BCUT2D eigenvalue weighted by Crippen LogP contribution is 2.27. The minimum Gasteiger partial charge on any atom is -0.387 e. The second kappa shape index (κ2) is 10.4. The number of amides is 1. The summed E-state index contributed by atoms with van der Waals surface area (Å²) in [6, 6.07) is 20.2. The van der Waals surface area contributed by atoms with Crippen molar-refractivity contribution in [2.75, 3.05) is 11.9 Å². The van der Waals surface area contributed by atoms with E-state index in [1.165, 1.54) is 0 Å². The zero-order valence-electron chi connectivity index (χ0n) is 17.8. The second-order valence-corrected chi connectivity index (χ2v) is 7.80. The molecule has 0 spiro atoms. The lowest BCUT2D eigenvalue weighted by Gasteiger charge is -2.25. The minimum absolute atomic E-state index is 0.0607. The number of hydrogen-bond acceptors (Lipinski definition) is 5. The molecule has 6 heteroatoms. The lowest BCUT2D eigenvalue weighted by atomic mass is 9.98. The molecule has 1 fully saturated rings. The fourth-order valence-electron chi connectivity index (χ4n) is 3.74. The van der Waals surface area contributed by atoms with Gasteiger partial charge in [-0.1, -0.05) is 42.5 Å². The van der Waals surface area contributed by atoms with Gasteiger partial charge in [-0.2, -0.15) is 0 Å². The first-order valence-corrected chi connectivity index (χ1v) is 10.8. The number of carbonyl (C=O) groups excluding carboxylic acids is 1. The average Bonchev–Trinajstić information content (AvgIpc) is 2.83. The third-order valence-corrected chi connectivity index (χ3v) is 5.42. The fourth-order valence-corrected chi connectivity index (χ4v) is 3.74. The van der Waals surface area contributed by atoms with Crippen molar-refractivity contribution in [1.29, 1.82) is 5.41 Å². The van der Waals surface area contributed by atoms with Crippen LogP contribution in [0.25, 0.3) is 11.1 Å². The van der Waals surface area contributed by atoms with Gasteiger partial charge in [0.2, 0.25) is 5.91 Å². The van der Waals surface area contributed by atoms with Gasteiger partial charge < -0.3 is 21.4 Å². The van der Waals surface area contributed by atoms with Crippen molar-refractivity contribution in [3.8, 4) is 11.1 Å². The summed E-state index contributed by atoms with van der Waals surface area (Å²) in [6.45, 7) is 1.31. The highest BCUT2D eigenvalue weighted by Gasteiger charge is 2.20. The number of carbonyl (C=O) groups is 1. The van der Waals surface area contributed by atoms with Gasteiger partial charge in [0.1, 0.15) is 0 Å². The Kier molecular flexibility index (Phi) is 6.92. The topological polar surface area (TPSA) is 89.9 Å². The van der Waals surface area contributed by atoms with E-state index in [-0.39, 0.29) is 11.9 Å². The van der Waals surface area contributed by atoms with Crippen LogP contribution in [-0.2, 0) is 11.3 Å². The Morgan fingerprint density at radius 3 is 2.78 bits per heavy atom. The summed E-state index contributed by atoms with van der Waals surface area (Å²) in [5.41, 5.74) is 5.29. The lowest BCUT2D eigenvalue weighted by molar-refractivity contribution is -0.122. The number of hydrogen-bond donors (Lipinski definition) is 4. The zero-order chi connectivity index (χ0) is 22.2. The average molecular weight is 426 g/mol. The Balaban J connectivity index is 1.54. The first-order chi connectivity index (χ1) is 15.7. The van der Waals surface area contributed by atoms with Crippen molar-refractivity contribution >= 4 is 17.3 Å². The largest absolute Gasteiger partial charge is 0.387 e. The van der Waals surface area contributed by atoms with Gasteiger partial charge in [-0.05, 0) is 53.6 Å². The number of anilines is 1. The Morgan fingerprint density at radius 1 is 1.12 bits per heavy atom. The molecule has 1 atom stereocenters. The van der Waals surface area contributed by atoms with Gasteiger partial charge in [-0.25, -0.2) is 0 Å². The number of nitrogens with zero attached hydrogens (tertiary/aromatic N) is 1. The van der Waals surface area contributed by atoms with E-state index in [1.807, 2.05) is 48.7 Å². The van der Waals surface area contributed by atoms with Crippen LogP contribution in [0.15, 0.2) is 85.3 Å². The van der Waals surface area contributed by atoms with Crippen LogP contribution in [0.2, 0.25) is 0 Å². The summed E-state index contributed by atoms with van der Waals surface area (Å²) in [6.07, 6.45) is 8.43. The van der Waals surface area contributed by atoms with E-state index >= 15 is 0 Å². The molecule has 4 rings (SSSR count). The van der Waals surface area contributed by atoms with Gasteiger partial charge in [-0.3, -0.25) is 9.78 Å². The number of benzene rings is 2. The van der Waals surface area contributed by atoms with Gasteiger partial charge in [0.05, 0.1) is 5.71 Å². The van der Waals surface area contributed by atoms with Crippen LogP contribution in [0, 0.1) is 5.41 Å². The molecular formula is C26H27N5O. The Hall–Kier alpha value is -3.93. The monoisotopic (exact) mass is 425 g/mol. The molecule has 1 aliphatic rings. The first-order valence-electron chi connectivity index (χ1n) is 10.8. The standard InChI is InChI=1S/C26H27N5O/c27-24(11-13-29-18-19-5-4-12-28-17-19)23-15-21(20-6-2-1-3-7-20)8-9-25(23)31-22-10-14-30-26(32)16-22/h1-9,11-13,15,17,22,27,29,31H,10,14,16,18H2,(H,30,32)/b13-11-,27-24?. The van der Waals surface area contributed by atoms with Crippen LogP contribution in [0.3, 0.4) is 0 Å². The zero-order valence-corrected chi connectivity index (χ0v) is 17.8. The molecular weight excluding hydrogens is 398 g/mol. The van der Waals surface area contributed by atoms with Gasteiger partial charge in [0.15, 0.2) is 0 Å². The molecule has 0 radical (unpaired) electrons. The normalized spacial score (nSPS) is 15.9. The molecule has 0 bridgehead atoms. The molecule has 3 aromatic rings. The van der Waals surface area contributed by atoms with Crippen LogP contribution < -0.4 is 16.0 Å². The molecule has 2 heterocycles. The summed E-state index contributed by atoms with van der Waals surface area (Å²) >= 11 is 0. The van der Waals surface area contributed by atoms with E-state index < -0.39 is 0 Å². The molecule has 4 N–H and O–H groups in total. The van der Waals surface area contributed by atoms with Crippen molar-refractivity contribution in [3.63, 3.8) is 0 Å². The summed E-state index contributed by atoms with van der Waals surface area (Å²) in [5.74, 6) is 0.0609. The summed E-state index contributed by atoms with van der Waals surface area (Å²) in [5, 5.41) is 18.3. The van der Waals surface area contributed by atoms with E-state index in [4.69, 9.17) is 5.41 Å². The first kappa shape index (κ1) is 21.3. The van der Waals surface area contributed by atoms with Gasteiger partial charge in [-0.15, -0.1) is 0 Å². The molecule has 1 saturated heterocycles. The molecule has 1 unspecified atom stereocenters. The Bertz CT molecular complexity index is 1100. The van der Waals surface area contributed by atoms with Crippen LogP contribution in [0.5, 0.6) is 0 Å². The van der Waals surface area contributed by atoms with E-state index in [2.05, 4.69) is 39.1 Å². The van der Waals surface area contributed by atoms with Crippen molar-refractivity contribution in [1.82, 2.24) is 15.6 Å². The van der Waals surface area contributed by atoms with Crippen LogP contribution in [0.1, 0.15) is 24.0 Å². The molecule has 1 aliphatic heterocycles. The predicted molar refractivity (Wildman–Crippen MR) is 129 cm³/mol. The third-order valence-electron chi connectivity index (χ3n) is 5.42. The maximum Gasteiger partial charge on any atom is 0.222 e. The molecule has 0 saturated carbocycles. The second-order valence-electron chi connectivity index (χ2n) is 7.80. The van der Waals surface area contributed by atoms with E-state index in [1.54, 1.807) is 18.5 Å². The van der Waals surface area contributed by atoms with Gasteiger partial charge in [0.25, 0.3) is 0 Å². The van der Waals surface area contributed by atoms with Crippen molar-refractivity contribution < 1.29 is 4.79 Å². The molecule has 162 valence electrons. The molecule has 2 aromatic carbocycles. The van der Waals surface area contributed by atoms with Gasteiger partial charge >= 0.3 is 0 Å². The fraction of sp³-hybridized carbons (Fsp3) is 0.192. The van der Waals surface area contributed by atoms with Crippen LogP contribution >= 0.6 is 0 Å². The third kappa shape index (κ3) is 5.60. The molecule has 1 aromatic heterocycles. The Labute approximate surface area is 188 Å². The molecule has 1 amide bonds. The smallest absolute Gasteiger partial charge is 0.222 e. The Morgan fingerprint density at radius 2 is 2.00 bits per heavy atom.